The number of pyridine rings is 1. The van der Waals surface area contributed by atoms with E-state index in [4.69, 9.17) is 10.5 Å². The molecule has 1 fully saturated rings. The highest BCUT2D eigenvalue weighted by atomic mass is 16.5. The molecule has 0 spiro atoms. The average molecular weight is 418 g/mol. The molecule has 0 aliphatic carbocycles. The first-order chi connectivity index (χ1) is 15.1. The van der Waals surface area contributed by atoms with Crippen LogP contribution in [-0.4, -0.2) is 49.5 Å². The smallest absolute Gasteiger partial charge is 0.251 e. The number of nitrogens with two attached hydrogens (primary N) is 1. The topological polar surface area (TPSA) is 97.5 Å². The molecule has 31 heavy (non-hydrogen) atoms. The fourth-order valence-corrected chi connectivity index (χ4v) is 3.70. The second-order valence-electron chi connectivity index (χ2n) is 7.62. The number of hydrogen-bond donors (Lipinski definition) is 2. The fourth-order valence-electron chi connectivity index (χ4n) is 3.70. The van der Waals surface area contributed by atoms with Crippen molar-refractivity contribution in [1.82, 2.24) is 10.3 Å². The normalized spacial score (nSPS) is 13.9. The first-order valence-electron chi connectivity index (χ1n) is 10.5. The summed E-state index contributed by atoms with van der Waals surface area (Å²) in [5.74, 6) is 0.254. The molecule has 1 aliphatic rings. The van der Waals surface area contributed by atoms with Gasteiger partial charge in [0.1, 0.15) is 5.82 Å². The molecule has 1 aliphatic heterocycles. The van der Waals surface area contributed by atoms with Gasteiger partial charge in [0, 0.05) is 42.3 Å². The number of hydrogen-bond acceptors (Lipinski definition) is 6. The van der Waals surface area contributed by atoms with Crippen LogP contribution in [0, 0.1) is 0 Å². The number of Topliss-reactive ketones (excluding diaryl/α,β-unsaturated/α-hetero) is 1. The Kier molecular flexibility index (Phi) is 6.43. The Bertz CT molecular complexity index is 1080. The molecule has 2 heterocycles. The third-order valence-electron chi connectivity index (χ3n) is 5.50. The predicted octanol–water partition coefficient (Wildman–Crippen LogP) is 2.59. The summed E-state index contributed by atoms with van der Waals surface area (Å²) in [6, 6.07) is 15.3. The zero-order valence-electron chi connectivity index (χ0n) is 17.3. The Morgan fingerprint density at radius 1 is 1.06 bits per heavy atom. The molecule has 7 heteroatoms. The van der Waals surface area contributed by atoms with Gasteiger partial charge in [0.05, 0.1) is 19.8 Å². The van der Waals surface area contributed by atoms with Crippen LogP contribution in [-0.2, 0) is 16.0 Å². The Morgan fingerprint density at radius 2 is 1.84 bits per heavy atom. The van der Waals surface area contributed by atoms with E-state index in [0.717, 1.165) is 48.3 Å². The lowest BCUT2D eigenvalue weighted by Crippen LogP contribution is -2.36. The number of nitrogen functional groups attached to an aromatic ring is 1. The van der Waals surface area contributed by atoms with E-state index in [9.17, 15) is 9.59 Å². The van der Waals surface area contributed by atoms with E-state index in [1.165, 1.54) is 0 Å². The number of anilines is 2. The van der Waals surface area contributed by atoms with E-state index < -0.39 is 0 Å². The summed E-state index contributed by atoms with van der Waals surface area (Å²) in [5, 5.41) is 4.64. The highest BCUT2D eigenvalue weighted by Crippen LogP contribution is 2.21. The van der Waals surface area contributed by atoms with Crippen molar-refractivity contribution >= 4 is 34.0 Å². The van der Waals surface area contributed by atoms with Crippen LogP contribution in [0.1, 0.15) is 22.3 Å². The number of carbonyl (C=O) groups is 2. The van der Waals surface area contributed by atoms with Gasteiger partial charge in [-0.25, -0.2) is 4.98 Å². The molecule has 0 radical (unpaired) electrons. The van der Waals surface area contributed by atoms with Crippen molar-refractivity contribution in [3.8, 4) is 0 Å². The third kappa shape index (κ3) is 5.19. The summed E-state index contributed by atoms with van der Waals surface area (Å²) in [4.78, 5) is 31.0. The van der Waals surface area contributed by atoms with Gasteiger partial charge in [-0.1, -0.05) is 18.2 Å². The molecule has 3 N–H and O–H groups in total. The maximum atomic E-state index is 12.4. The number of aryl methyl sites for hydroxylation is 1. The van der Waals surface area contributed by atoms with Crippen molar-refractivity contribution in [2.75, 3.05) is 43.5 Å². The first kappa shape index (κ1) is 20.8. The van der Waals surface area contributed by atoms with Crippen LogP contribution >= 0.6 is 0 Å². The largest absolute Gasteiger partial charge is 0.383 e. The van der Waals surface area contributed by atoms with Crippen LogP contribution < -0.4 is 16.0 Å². The van der Waals surface area contributed by atoms with Crippen LogP contribution in [0.4, 0.5) is 11.5 Å². The zero-order chi connectivity index (χ0) is 21.6. The minimum atomic E-state index is -0.240. The number of nitrogens with zero attached hydrogens (tertiary/aromatic N) is 2. The van der Waals surface area contributed by atoms with Crippen molar-refractivity contribution in [2.24, 2.45) is 0 Å². The SMILES string of the molecule is Nc1nccc2cc(CCC(=O)CNC(=O)c3ccc(N4CCOCC4)cc3)ccc12. The van der Waals surface area contributed by atoms with Crippen LogP contribution in [0.15, 0.2) is 54.7 Å². The van der Waals surface area contributed by atoms with Gasteiger partial charge in [0.15, 0.2) is 5.78 Å². The minimum Gasteiger partial charge on any atom is -0.383 e. The second-order valence-corrected chi connectivity index (χ2v) is 7.62. The second kappa shape index (κ2) is 9.57. The molecule has 1 amide bonds. The van der Waals surface area contributed by atoms with E-state index in [1.807, 2.05) is 36.4 Å². The van der Waals surface area contributed by atoms with Crippen LogP contribution in [0.25, 0.3) is 10.8 Å². The molecule has 2 aromatic carbocycles. The van der Waals surface area contributed by atoms with Gasteiger partial charge in [0.2, 0.25) is 0 Å². The molecule has 1 saturated heterocycles. The van der Waals surface area contributed by atoms with Gasteiger partial charge in [0.25, 0.3) is 5.91 Å². The molecule has 0 atom stereocenters. The zero-order valence-corrected chi connectivity index (χ0v) is 17.3. The van der Waals surface area contributed by atoms with Crippen molar-refractivity contribution in [2.45, 2.75) is 12.8 Å². The third-order valence-corrected chi connectivity index (χ3v) is 5.50. The molecule has 0 bridgehead atoms. The summed E-state index contributed by atoms with van der Waals surface area (Å²) in [6.45, 7) is 3.15. The quantitative estimate of drug-likeness (QED) is 0.612. The van der Waals surface area contributed by atoms with Crippen molar-refractivity contribution in [3.05, 3.63) is 65.9 Å². The average Bonchev–Trinajstić information content (AvgIpc) is 2.82. The summed E-state index contributed by atoms with van der Waals surface area (Å²) in [7, 11) is 0. The summed E-state index contributed by atoms with van der Waals surface area (Å²) in [5.41, 5.74) is 8.55. The summed E-state index contributed by atoms with van der Waals surface area (Å²) >= 11 is 0. The molecule has 4 rings (SSSR count). The van der Waals surface area contributed by atoms with E-state index in [0.29, 0.717) is 24.2 Å². The van der Waals surface area contributed by atoms with Crippen LogP contribution in [0.3, 0.4) is 0 Å². The van der Waals surface area contributed by atoms with Crippen molar-refractivity contribution in [3.63, 3.8) is 0 Å². The number of benzene rings is 2. The molecule has 3 aromatic rings. The van der Waals surface area contributed by atoms with E-state index in [-0.39, 0.29) is 18.2 Å². The van der Waals surface area contributed by atoms with Crippen LogP contribution in [0.2, 0.25) is 0 Å². The van der Waals surface area contributed by atoms with Gasteiger partial charge < -0.3 is 20.7 Å². The maximum absolute atomic E-state index is 12.4. The van der Waals surface area contributed by atoms with Gasteiger partial charge >= 0.3 is 0 Å². The maximum Gasteiger partial charge on any atom is 0.251 e. The Labute approximate surface area is 181 Å². The fraction of sp³-hybridized carbons (Fsp3) is 0.292. The van der Waals surface area contributed by atoms with Gasteiger partial charge in [-0.15, -0.1) is 0 Å². The molecule has 1 aromatic heterocycles. The first-order valence-corrected chi connectivity index (χ1v) is 10.5. The van der Waals surface area contributed by atoms with E-state index >= 15 is 0 Å². The highest BCUT2D eigenvalue weighted by Gasteiger charge is 2.13. The van der Waals surface area contributed by atoms with Gasteiger partial charge in [-0.3, -0.25) is 9.59 Å². The Morgan fingerprint density at radius 3 is 2.61 bits per heavy atom. The van der Waals surface area contributed by atoms with Crippen molar-refractivity contribution in [1.29, 1.82) is 0 Å². The number of morpholine rings is 1. The molecular formula is C24H26N4O3. The van der Waals surface area contributed by atoms with Crippen molar-refractivity contribution < 1.29 is 14.3 Å². The molecule has 0 saturated carbocycles. The number of rotatable bonds is 7. The standard InChI is InChI=1S/C24H26N4O3/c25-23-22-8-2-17(15-19(22)9-10-26-23)1-7-21(29)16-27-24(30)18-3-5-20(6-4-18)28-11-13-31-14-12-28/h2-6,8-10,15H,1,7,11-14,16H2,(H2,25,26)(H,27,30). The lowest BCUT2D eigenvalue weighted by Gasteiger charge is -2.28. The number of ether oxygens (including phenoxy) is 1. The molecule has 160 valence electrons. The van der Waals surface area contributed by atoms with Gasteiger partial charge in [-0.05, 0) is 47.7 Å². The van der Waals surface area contributed by atoms with E-state index in [1.54, 1.807) is 18.3 Å². The van der Waals surface area contributed by atoms with Crippen LogP contribution in [0.5, 0.6) is 0 Å². The highest BCUT2D eigenvalue weighted by molar-refractivity contribution is 5.97. The number of aromatic nitrogens is 1. The molecule has 0 unspecified atom stereocenters. The monoisotopic (exact) mass is 418 g/mol. The molecular weight excluding hydrogens is 392 g/mol. The number of fused-ring (bicyclic) bond motifs is 1. The number of carbonyl (C=O) groups excluding carboxylic acids is 2. The van der Waals surface area contributed by atoms with E-state index in [2.05, 4.69) is 15.2 Å². The predicted molar refractivity (Wildman–Crippen MR) is 121 cm³/mol. The lowest BCUT2D eigenvalue weighted by atomic mass is 10.0. The number of amides is 1. The Balaban J connectivity index is 1.26. The lowest BCUT2D eigenvalue weighted by molar-refractivity contribution is -0.118. The summed E-state index contributed by atoms with van der Waals surface area (Å²) in [6.07, 6.45) is 2.65. The number of ketones is 1. The molecule has 7 nitrogen and oxygen atoms in total. The Hall–Kier alpha value is -3.45. The number of nitrogens with one attached hydrogen (secondary N) is 1. The minimum absolute atomic E-state index is 0.00683. The van der Waals surface area contributed by atoms with Gasteiger partial charge in [-0.2, -0.15) is 0 Å². The summed E-state index contributed by atoms with van der Waals surface area (Å²) < 4.78 is 5.36.